The molecule has 0 radical (unpaired) electrons. The molecule has 0 N–H and O–H groups in total. The molecule has 1 heterocycles. The highest BCUT2D eigenvalue weighted by atomic mass is 79.9. The van der Waals surface area contributed by atoms with Crippen LogP contribution in [0.4, 0.5) is 0 Å². The smallest absolute Gasteiger partial charge is 0.209 e. The highest BCUT2D eigenvalue weighted by molar-refractivity contribution is 9.11. The number of halogens is 1. The standard InChI is InChI=1S/C12H13BrN4OS/c1-9(13)8-19-12-14-15-16-17(12)7-10-3-5-11(18-2)6-4-10/h3-6H,1,7-8H2,2H3. The first kappa shape index (κ1) is 14.1. The average Bonchev–Trinajstić information content (AvgIpc) is 2.84. The van der Waals surface area contributed by atoms with Crippen LogP contribution in [-0.4, -0.2) is 33.1 Å². The van der Waals surface area contributed by atoms with Gasteiger partial charge in [-0.05, 0) is 32.6 Å². The number of aromatic nitrogens is 4. The van der Waals surface area contributed by atoms with Gasteiger partial charge in [-0.1, -0.05) is 46.4 Å². The second kappa shape index (κ2) is 6.72. The minimum absolute atomic E-state index is 0.633. The minimum atomic E-state index is 0.633. The van der Waals surface area contributed by atoms with E-state index in [1.807, 2.05) is 24.3 Å². The van der Waals surface area contributed by atoms with Crippen molar-refractivity contribution in [3.05, 3.63) is 40.9 Å². The van der Waals surface area contributed by atoms with Gasteiger partial charge in [0.15, 0.2) is 0 Å². The van der Waals surface area contributed by atoms with Gasteiger partial charge in [-0.15, -0.1) is 5.10 Å². The Hall–Kier alpha value is -1.34. The van der Waals surface area contributed by atoms with Crippen LogP contribution >= 0.6 is 27.7 Å². The monoisotopic (exact) mass is 340 g/mol. The summed E-state index contributed by atoms with van der Waals surface area (Å²) in [6.45, 7) is 4.42. The lowest BCUT2D eigenvalue weighted by Crippen LogP contribution is -2.04. The molecule has 0 fully saturated rings. The number of nitrogens with zero attached hydrogens (tertiary/aromatic N) is 4. The molecule has 0 saturated carbocycles. The first-order valence-electron chi connectivity index (χ1n) is 5.54. The highest BCUT2D eigenvalue weighted by Gasteiger charge is 2.07. The number of methoxy groups -OCH3 is 1. The van der Waals surface area contributed by atoms with Gasteiger partial charge < -0.3 is 4.74 Å². The van der Waals surface area contributed by atoms with Gasteiger partial charge in [0.2, 0.25) is 5.16 Å². The number of hydrogen-bond acceptors (Lipinski definition) is 5. The molecule has 0 spiro atoms. The third-order valence-electron chi connectivity index (χ3n) is 2.35. The Morgan fingerprint density at radius 1 is 1.42 bits per heavy atom. The second-order valence-corrected chi connectivity index (χ2v) is 5.84. The molecular weight excluding hydrogens is 328 g/mol. The predicted molar refractivity (Wildman–Crippen MR) is 78.7 cm³/mol. The number of thioether (sulfide) groups is 1. The molecule has 0 saturated heterocycles. The zero-order chi connectivity index (χ0) is 13.7. The van der Waals surface area contributed by atoms with E-state index in [1.165, 1.54) is 0 Å². The van der Waals surface area contributed by atoms with Gasteiger partial charge in [-0.3, -0.25) is 0 Å². The number of ether oxygens (including phenoxy) is 1. The van der Waals surface area contributed by atoms with Crippen LogP contribution < -0.4 is 4.74 Å². The van der Waals surface area contributed by atoms with Crippen molar-refractivity contribution < 1.29 is 4.74 Å². The molecule has 5 nitrogen and oxygen atoms in total. The van der Waals surface area contributed by atoms with E-state index in [-0.39, 0.29) is 0 Å². The summed E-state index contributed by atoms with van der Waals surface area (Å²) in [5, 5.41) is 12.5. The Morgan fingerprint density at radius 2 is 2.16 bits per heavy atom. The van der Waals surface area contributed by atoms with Gasteiger partial charge in [0, 0.05) is 5.75 Å². The van der Waals surface area contributed by atoms with Gasteiger partial charge in [0.05, 0.1) is 13.7 Å². The van der Waals surface area contributed by atoms with Crippen LogP contribution in [0.3, 0.4) is 0 Å². The number of rotatable bonds is 6. The summed E-state index contributed by atoms with van der Waals surface area (Å²) in [5.74, 6) is 1.58. The predicted octanol–water partition coefficient (Wildman–Crippen LogP) is 2.73. The summed E-state index contributed by atoms with van der Waals surface area (Å²) in [6, 6.07) is 7.84. The molecule has 19 heavy (non-hydrogen) atoms. The molecule has 1 aromatic carbocycles. The first-order chi connectivity index (χ1) is 9.19. The van der Waals surface area contributed by atoms with Crippen LogP contribution in [0.5, 0.6) is 5.75 Å². The quantitative estimate of drug-likeness (QED) is 0.756. The third kappa shape index (κ3) is 4.07. The average molecular weight is 341 g/mol. The lowest BCUT2D eigenvalue weighted by Gasteiger charge is -2.05. The topological polar surface area (TPSA) is 52.8 Å². The van der Waals surface area contributed by atoms with Crippen LogP contribution in [0.15, 0.2) is 40.5 Å². The van der Waals surface area contributed by atoms with Crippen LogP contribution in [0.2, 0.25) is 0 Å². The Balaban J connectivity index is 2.05. The summed E-state index contributed by atoms with van der Waals surface area (Å²) in [7, 11) is 1.65. The maximum absolute atomic E-state index is 5.13. The lowest BCUT2D eigenvalue weighted by molar-refractivity contribution is 0.414. The summed E-state index contributed by atoms with van der Waals surface area (Å²) in [6.07, 6.45) is 0. The largest absolute Gasteiger partial charge is 0.497 e. The fraction of sp³-hybridized carbons (Fsp3) is 0.250. The van der Waals surface area contributed by atoms with E-state index in [0.29, 0.717) is 6.54 Å². The maximum Gasteiger partial charge on any atom is 0.209 e. The molecule has 0 atom stereocenters. The van der Waals surface area contributed by atoms with Crippen molar-refractivity contribution in [3.8, 4) is 5.75 Å². The number of benzene rings is 1. The first-order valence-corrected chi connectivity index (χ1v) is 7.32. The van der Waals surface area contributed by atoms with Crippen molar-refractivity contribution >= 4 is 27.7 Å². The van der Waals surface area contributed by atoms with Crippen LogP contribution in [0.1, 0.15) is 5.56 Å². The maximum atomic E-state index is 5.13. The van der Waals surface area contributed by atoms with E-state index >= 15 is 0 Å². The van der Waals surface area contributed by atoms with Crippen molar-refractivity contribution in [3.63, 3.8) is 0 Å². The normalized spacial score (nSPS) is 10.4. The molecular formula is C12H13BrN4OS. The summed E-state index contributed by atoms with van der Waals surface area (Å²) >= 11 is 4.86. The second-order valence-electron chi connectivity index (χ2n) is 3.77. The number of tetrazole rings is 1. The lowest BCUT2D eigenvalue weighted by atomic mass is 10.2. The third-order valence-corrected chi connectivity index (χ3v) is 4.04. The number of hydrogen-bond donors (Lipinski definition) is 0. The minimum Gasteiger partial charge on any atom is -0.497 e. The summed E-state index contributed by atoms with van der Waals surface area (Å²) < 4.78 is 7.81. The van der Waals surface area contributed by atoms with Crippen molar-refractivity contribution in [1.82, 2.24) is 20.2 Å². The van der Waals surface area contributed by atoms with E-state index in [2.05, 4.69) is 38.0 Å². The molecule has 1 aromatic heterocycles. The van der Waals surface area contributed by atoms with E-state index in [1.54, 1.807) is 23.6 Å². The molecule has 0 aliphatic rings. The van der Waals surface area contributed by atoms with Crippen molar-refractivity contribution in [2.24, 2.45) is 0 Å². The van der Waals surface area contributed by atoms with Gasteiger partial charge in [0.25, 0.3) is 0 Å². The molecule has 0 bridgehead atoms. The van der Waals surface area contributed by atoms with Crippen molar-refractivity contribution in [1.29, 1.82) is 0 Å². The molecule has 100 valence electrons. The molecule has 2 rings (SSSR count). The van der Waals surface area contributed by atoms with Crippen LogP contribution in [0.25, 0.3) is 0 Å². The molecule has 2 aromatic rings. The molecule has 0 aliphatic carbocycles. The van der Waals surface area contributed by atoms with Crippen molar-refractivity contribution in [2.75, 3.05) is 12.9 Å². The van der Waals surface area contributed by atoms with E-state index < -0.39 is 0 Å². The Bertz CT molecular complexity index is 555. The van der Waals surface area contributed by atoms with Crippen LogP contribution in [0, 0.1) is 0 Å². The zero-order valence-electron chi connectivity index (χ0n) is 10.4. The Labute approximate surface area is 124 Å². The van der Waals surface area contributed by atoms with E-state index in [4.69, 9.17) is 4.74 Å². The van der Waals surface area contributed by atoms with Crippen LogP contribution in [-0.2, 0) is 6.54 Å². The van der Waals surface area contributed by atoms with E-state index in [9.17, 15) is 0 Å². The SMILES string of the molecule is C=C(Br)CSc1nnnn1Cc1ccc(OC)cc1. The van der Waals surface area contributed by atoms with Gasteiger partial charge >= 0.3 is 0 Å². The molecule has 7 heteroatoms. The fourth-order valence-corrected chi connectivity index (χ4v) is 2.42. The fourth-order valence-electron chi connectivity index (χ4n) is 1.45. The van der Waals surface area contributed by atoms with Gasteiger partial charge in [-0.2, -0.15) is 0 Å². The summed E-state index contributed by atoms with van der Waals surface area (Å²) in [5.41, 5.74) is 1.12. The molecule has 0 aliphatic heterocycles. The Morgan fingerprint density at radius 3 is 2.79 bits per heavy atom. The zero-order valence-corrected chi connectivity index (χ0v) is 12.8. The van der Waals surface area contributed by atoms with Gasteiger partial charge in [0.1, 0.15) is 5.75 Å². The molecule has 0 unspecified atom stereocenters. The highest BCUT2D eigenvalue weighted by Crippen LogP contribution is 2.20. The Kier molecular flexibility index (Phi) is 4.98. The van der Waals surface area contributed by atoms with Crippen molar-refractivity contribution in [2.45, 2.75) is 11.7 Å². The van der Waals surface area contributed by atoms with E-state index in [0.717, 1.165) is 26.7 Å². The van der Waals surface area contributed by atoms with Gasteiger partial charge in [-0.25, -0.2) is 4.68 Å². The molecule has 0 amide bonds. The summed E-state index contributed by atoms with van der Waals surface area (Å²) in [4.78, 5) is 0.